The van der Waals surface area contributed by atoms with Gasteiger partial charge in [0.25, 0.3) is 5.89 Å². The quantitative estimate of drug-likeness (QED) is 0.670. The van der Waals surface area contributed by atoms with E-state index in [1.165, 1.54) is 0 Å². The molecule has 4 rings (SSSR count). The Labute approximate surface area is 137 Å². The summed E-state index contributed by atoms with van der Waals surface area (Å²) in [6.45, 7) is 0.700. The predicted octanol–water partition coefficient (Wildman–Crippen LogP) is 2.77. The fourth-order valence-electron chi connectivity index (χ4n) is 3.00. The van der Waals surface area contributed by atoms with Gasteiger partial charge in [-0.3, -0.25) is 4.90 Å². The molecule has 0 N–H and O–H groups in total. The molecule has 1 atom stereocenters. The summed E-state index contributed by atoms with van der Waals surface area (Å²) in [5, 5.41) is 23.4. The maximum atomic E-state index is 9.38. The third kappa shape index (κ3) is 2.24. The van der Waals surface area contributed by atoms with E-state index in [0.717, 1.165) is 23.7 Å². The average molecular weight is 316 g/mol. The van der Waals surface area contributed by atoms with Crippen LogP contribution in [0.15, 0.2) is 34.9 Å². The lowest BCUT2D eigenvalue weighted by Gasteiger charge is -2.13. The van der Waals surface area contributed by atoms with Crippen molar-refractivity contribution in [2.75, 3.05) is 6.54 Å². The highest BCUT2D eigenvalue weighted by molar-refractivity contribution is 5.84. The van der Waals surface area contributed by atoms with E-state index in [1.54, 1.807) is 4.90 Å². The molecule has 1 fully saturated rings. The topological polar surface area (TPSA) is 103 Å². The van der Waals surface area contributed by atoms with E-state index < -0.39 is 0 Å². The summed E-state index contributed by atoms with van der Waals surface area (Å²) in [7, 11) is 0. The van der Waals surface area contributed by atoms with Crippen LogP contribution in [0.2, 0.25) is 0 Å². The molecule has 1 saturated heterocycles. The van der Waals surface area contributed by atoms with Gasteiger partial charge in [-0.05, 0) is 25.0 Å². The Kier molecular flexibility index (Phi) is 3.33. The molecule has 2 aromatic heterocycles. The minimum absolute atomic E-state index is 0.161. The fourth-order valence-corrected chi connectivity index (χ4v) is 3.00. The molecular formula is C17H12N6O. The number of rotatable bonds is 2. The van der Waals surface area contributed by atoms with Crippen LogP contribution in [-0.2, 0) is 0 Å². The number of para-hydroxylation sites is 1. The van der Waals surface area contributed by atoms with Crippen molar-refractivity contribution in [2.24, 2.45) is 0 Å². The zero-order chi connectivity index (χ0) is 16.5. The summed E-state index contributed by atoms with van der Waals surface area (Å²) in [5.74, 6) is 0.727. The number of hydrogen-bond acceptors (Lipinski definition) is 7. The first-order valence-electron chi connectivity index (χ1n) is 7.60. The van der Waals surface area contributed by atoms with Crippen LogP contribution < -0.4 is 0 Å². The number of benzene rings is 1. The van der Waals surface area contributed by atoms with Crippen LogP contribution in [0, 0.1) is 22.8 Å². The molecule has 1 unspecified atom stereocenters. The Morgan fingerprint density at radius 1 is 1.21 bits per heavy atom. The minimum atomic E-state index is -0.161. The van der Waals surface area contributed by atoms with E-state index in [-0.39, 0.29) is 17.6 Å². The minimum Gasteiger partial charge on any atom is -0.334 e. The highest BCUT2D eigenvalue weighted by Gasteiger charge is 2.30. The van der Waals surface area contributed by atoms with Crippen molar-refractivity contribution in [2.45, 2.75) is 18.9 Å². The van der Waals surface area contributed by atoms with Gasteiger partial charge in [0.15, 0.2) is 17.7 Å². The number of hydrogen-bond donors (Lipinski definition) is 0. The van der Waals surface area contributed by atoms with Crippen LogP contribution in [0.4, 0.5) is 0 Å². The van der Waals surface area contributed by atoms with Gasteiger partial charge in [-0.1, -0.05) is 23.4 Å². The van der Waals surface area contributed by atoms with Crippen molar-refractivity contribution >= 4 is 10.9 Å². The van der Waals surface area contributed by atoms with Crippen molar-refractivity contribution in [3.8, 4) is 23.7 Å². The lowest BCUT2D eigenvalue weighted by molar-refractivity contribution is 0.339. The lowest BCUT2D eigenvalue weighted by Crippen LogP contribution is -2.17. The van der Waals surface area contributed by atoms with Crippen LogP contribution in [0.3, 0.4) is 0 Å². The predicted molar refractivity (Wildman–Crippen MR) is 84.0 cm³/mol. The van der Waals surface area contributed by atoms with Gasteiger partial charge in [0.05, 0.1) is 11.1 Å². The molecule has 0 bridgehead atoms. The second kappa shape index (κ2) is 5.64. The SMILES string of the molecule is N#Cc1nc2ccccc2cc1-c1nc(C2CCCN2C#N)no1. The molecule has 0 radical (unpaired) electrons. The molecule has 1 aromatic carbocycles. The number of likely N-dealkylation sites (tertiary alicyclic amines) is 1. The van der Waals surface area contributed by atoms with Gasteiger partial charge >= 0.3 is 0 Å². The highest BCUT2D eigenvalue weighted by atomic mass is 16.5. The number of nitrogens with zero attached hydrogens (tertiary/aromatic N) is 6. The molecule has 0 saturated carbocycles. The summed E-state index contributed by atoms with van der Waals surface area (Å²) in [6, 6.07) is 11.3. The zero-order valence-electron chi connectivity index (χ0n) is 12.7. The van der Waals surface area contributed by atoms with Crippen LogP contribution in [-0.4, -0.2) is 26.6 Å². The standard InChI is InChI=1S/C17H12N6O/c18-9-14-12(8-11-4-1-2-5-13(11)20-14)17-21-16(22-24-17)15-6-3-7-23(15)10-19/h1-2,4-5,8,15H,3,6-7H2. The first kappa shape index (κ1) is 14.2. The van der Waals surface area contributed by atoms with Crippen molar-refractivity contribution in [1.82, 2.24) is 20.0 Å². The number of aromatic nitrogens is 3. The molecule has 24 heavy (non-hydrogen) atoms. The Balaban J connectivity index is 1.78. The van der Waals surface area contributed by atoms with Gasteiger partial charge in [0.1, 0.15) is 12.1 Å². The van der Waals surface area contributed by atoms with Crippen molar-refractivity contribution in [3.63, 3.8) is 0 Å². The average Bonchev–Trinajstić information content (AvgIpc) is 3.29. The first-order chi connectivity index (χ1) is 11.8. The molecule has 7 heteroatoms. The van der Waals surface area contributed by atoms with Gasteiger partial charge in [0.2, 0.25) is 0 Å². The van der Waals surface area contributed by atoms with Crippen LogP contribution in [0.1, 0.15) is 30.4 Å². The Morgan fingerprint density at radius 3 is 2.92 bits per heavy atom. The summed E-state index contributed by atoms with van der Waals surface area (Å²) < 4.78 is 5.36. The number of nitriles is 2. The molecule has 0 spiro atoms. The third-order valence-corrected chi connectivity index (χ3v) is 4.18. The van der Waals surface area contributed by atoms with E-state index in [4.69, 9.17) is 9.78 Å². The Bertz CT molecular complexity index is 996. The fraction of sp³-hybridized carbons (Fsp3) is 0.235. The molecule has 3 heterocycles. The summed E-state index contributed by atoms with van der Waals surface area (Å²) in [6.07, 6.45) is 3.89. The van der Waals surface area contributed by atoms with E-state index in [9.17, 15) is 5.26 Å². The molecular weight excluding hydrogens is 304 g/mol. The summed E-state index contributed by atoms with van der Waals surface area (Å²) in [4.78, 5) is 10.4. The third-order valence-electron chi connectivity index (χ3n) is 4.18. The second-order valence-electron chi connectivity index (χ2n) is 5.60. The monoisotopic (exact) mass is 316 g/mol. The highest BCUT2D eigenvalue weighted by Crippen LogP contribution is 2.31. The lowest BCUT2D eigenvalue weighted by atomic mass is 10.1. The maximum absolute atomic E-state index is 9.38. The van der Waals surface area contributed by atoms with Gasteiger partial charge in [0, 0.05) is 11.9 Å². The first-order valence-corrected chi connectivity index (χ1v) is 7.60. The Hall–Kier alpha value is -3.45. The summed E-state index contributed by atoms with van der Waals surface area (Å²) >= 11 is 0. The van der Waals surface area contributed by atoms with Gasteiger partial charge in [-0.2, -0.15) is 15.5 Å². The smallest absolute Gasteiger partial charge is 0.260 e. The molecule has 7 nitrogen and oxygen atoms in total. The van der Waals surface area contributed by atoms with Gasteiger partial charge < -0.3 is 4.52 Å². The van der Waals surface area contributed by atoms with Crippen molar-refractivity contribution in [3.05, 3.63) is 41.9 Å². The normalized spacial score (nSPS) is 16.9. The summed E-state index contributed by atoms with van der Waals surface area (Å²) in [5.41, 5.74) is 1.49. The van der Waals surface area contributed by atoms with E-state index in [0.29, 0.717) is 17.9 Å². The molecule has 0 amide bonds. The molecule has 116 valence electrons. The molecule has 3 aromatic rings. The van der Waals surface area contributed by atoms with Crippen LogP contribution in [0.25, 0.3) is 22.4 Å². The molecule has 0 aliphatic carbocycles. The Morgan fingerprint density at radius 2 is 2.08 bits per heavy atom. The largest absolute Gasteiger partial charge is 0.334 e. The number of fused-ring (bicyclic) bond motifs is 1. The van der Waals surface area contributed by atoms with Crippen molar-refractivity contribution < 1.29 is 4.52 Å². The van der Waals surface area contributed by atoms with E-state index >= 15 is 0 Å². The van der Waals surface area contributed by atoms with Crippen LogP contribution >= 0.6 is 0 Å². The van der Waals surface area contributed by atoms with Gasteiger partial charge in [-0.25, -0.2) is 4.98 Å². The number of pyridine rings is 1. The molecule has 1 aliphatic heterocycles. The van der Waals surface area contributed by atoms with E-state index in [1.807, 2.05) is 30.3 Å². The maximum Gasteiger partial charge on any atom is 0.260 e. The van der Waals surface area contributed by atoms with Gasteiger partial charge in [-0.15, -0.1) is 0 Å². The van der Waals surface area contributed by atoms with Crippen LogP contribution in [0.5, 0.6) is 0 Å². The second-order valence-corrected chi connectivity index (χ2v) is 5.60. The van der Waals surface area contributed by atoms with E-state index in [2.05, 4.69) is 27.4 Å². The zero-order valence-corrected chi connectivity index (χ0v) is 12.7. The molecule has 1 aliphatic rings. The van der Waals surface area contributed by atoms with Crippen molar-refractivity contribution in [1.29, 1.82) is 10.5 Å².